The number of benzene rings is 1. The van der Waals surface area contributed by atoms with Crippen molar-refractivity contribution in [2.75, 3.05) is 6.61 Å². The van der Waals surface area contributed by atoms with E-state index in [0.29, 0.717) is 5.56 Å². The smallest absolute Gasteiger partial charge is 0.417 e. The van der Waals surface area contributed by atoms with Crippen LogP contribution in [0.15, 0.2) is 36.9 Å². The third kappa shape index (κ3) is 4.47. The van der Waals surface area contributed by atoms with E-state index < -0.39 is 41.3 Å². The van der Waals surface area contributed by atoms with Gasteiger partial charge in [0.15, 0.2) is 0 Å². The highest BCUT2D eigenvalue weighted by Crippen LogP contribution is 2.38. The number of likely N-dealkylation sites (tertiary alicyclic amines) is 1. The Hall–Kier alpha value is -2.70. The van der Waals surface area contributed by atoms with Crippen LogP contribution in [0.2, 0.25) is 0 Å². The third-order valence-electron chi connectivity index (χ3n) is 3.78. The summed E-state index contributed by atoms with van der Waals surface area (Å²) in [4.78, 5) is 38.3. The van der Waals surface area contributed by atoms with Crippen LogP contribution in [-0.4, -0.2) is 35.1 Å². The van der Waals surface area contributed by atoms with Gasteiger partial charge in [-0.15, -0.1) is 0 Å². The van der Waals surface area contributed by atoms with Crippen LogP contribution in [-0.2, 0) is 19.1 Å². The lowest BCUT2D eigenvalue weighted by atomic mass is 9.99. The van der Waals surface area contributed by atoms with E-state index in [9.17, 15) is 18.8 Å². The van der Waals surface area contributed by atoms with Gasteiger partial charge in [-0.1, -0.05) is 24.8 Å². The minimum absolute atomic E-state index is 0.0315. The van der Waals surface area contributed by atoms with Crippen molar-refractivity contribution >= 4 is 18.0 Å². The molecular weight excluding hydrogens is 341 g/mol. The number of amides is 2. The van der Waals surface area contributed by atoms with Crippen LogP contribution < -0.4 is 0 Å². The van der Waals surface area contributed by atoms with Crippen molar-refractivity contribution in [3.05, 3.63) is 48.3 Å². The van der Waals surface area contributed by atoms with Gasteiger partial charge in [-0.25, -0.2) is 14.1 Å². The predicted octanol–water partition coefficient (Wildman–Crippen LogP) is 3.38. The molecule has 0 saturated carbocycles. The van der Waals surface area contributed by atoms with Gasteiger partial charge in [0, 0.05) is 0 Å². The molecule has 0 N–H and O–H groups in total. The first-order chi connectivity index (χ1) is 12.1. The first-order valence-corrected chi connectivity index (χ1v) is 8.23. The maximum Gasteiger partial charge on any atom is 0.417 e. The molecule has 1 fully saturated rings. The maximum absolute atomic E-state index is 13.2. The molecule has 1 aromatic carbocycles. The van der Waals surface area contributed by atoms with E-state index >= 15 is 0 Å². The number of hydrogen-bond donors (Lipinski definition) is 0. The zero-order valence-corrected chi connectivity index (χ0v) is 15.0. The number of carbonyl (C=O) groups is 3. The summed E-state index contributed by atoms with van der Waals surface area (Å²) in [6.07, 6.45) is 0.580. The number of rotatable bonds is 4. The molecule has 6 nitrogen and oxygen atoms in total. The Morgan fingerprint density at radius 1 is 1.31 bits per heavy atom. The predicted molar refractivity (Wildman–Crippen MR) is 91.5 cm³/mol. The van der Waals surface area contributed by atoms with Crippen LogP contribution in [0.3, 0.4) is 0 Å². The molecule has 0 bridgehead atoms. The Morgan fingerprint density at radius 2 is 1.92 bits per heavy atom. The molecule has 1 aromatic rings. The Kier molecular flexibility index (Phi) is 5.79. The molecule has 2 amide bonds. The second-order valence-corrected chi connectivity index (χ2v) is 6.96. The van der Waals surface area contributed by atoms with Gasteiger partial charge in [0.05, 0.1) is 6.04 Å². The maximum atomic E-state index is 13.2. The van der Waals surface area contributed by atoms with Gasteiger partial charge in [0.1, 0.15) is 23.9 Å². The summed E-state index contributed by atoms with van der Waals surface area (Å²) in [6, 6.07) is 4.68. The second-order valence-electron chi connectivity index (χ2n) is 6.96. The van der Waals surface area contributed by atoms with Crippen LogP contribution in [0.4, 0.5) is 9.18 Å². The molecule has 0 aromatic heterocycles. The van der Waals surface area contributed by atoms with Gasteiger partial charge in [-0.3, -0.25) is 9.59 Å². The van der Waals surface area contributed by atoms with Gasteiger partial charge in [0.25, 0.3) is 0 Å². The highest BCUT2D eigenvalue weighted by atomic mass is 19.1. The van der Waals surface area contributed by atoms with Gasteiger partial charge in [0.2, 0.25) is 5.91 Å². The summed E-state index contributed by atoms with van der Waals surface area (Å²) in [6.45, 7) is 8.44. The van der Waals surface area contributed by atoms with E-state index in [2.05, 4.69) is 6.58 Å². The highest BCUT2D eigenvalue weighted by molar-refractivity contribution is 6.06. The quantitative estimate of drug-likeness (QED) is 0.466. The van der Waals surface area contributed by atoms with Crippen LogP contribution in [0.5, 0.6) is 0 Å². The van der Waals surface area contributed by atoms with E-state index in [0.717, 1.165) is 4.90 Å². The number of esters is 1. The van der Waals surface area contributed by atoms with Crippen LogP contribution >= 0.6 is 0 Å². The van der Waals surface area contributed by atoms with Crippen molar-refractivity contribution in [2.24, 2.45) is 5.92 Å². The molecule has 1 unspecified atom stereocenters. The number of ether oxygens (including phenoxy) is 2. The van der Waals surface area contributed by atoms with Crippen molar-refractivity contribution in [3.63, 3.8) is 0 Å². The highest BCUT2D eigenvalue weighted by Gasteiger charge is 2.49. The van der Waals surface area contributed by atoms with Crippen molar-refractivity contribution < 1.29 is 28.2 Å². The average Bonchev–Trinajstić information content (AvgIpc) is 2.89. The Bertz CT molecular complexity index is 708. The first kappa shape index (κ1) is 19.6. The summed E-state index contributed by atoms with van der Waals surface area (Å²) in [5.74, 6) is -2.99. The Balaban J connectivity index is 2.33. The SMILES string of the molecule is C=CCOC(=O)C1C[C@H](c2ccc(F)cc2)N(C(=O)OC(C)(C)C)C1=O. The largest absolute Gasteiger partial charge is 0.461 e. The molecule has 1 aliphatic heterocycles. The molecule has 7 heteroatoms. The number of hydrogen-bond acceptors (Lipinski definition) is 5. The normalized spacial score (nSPS) is 20.0. The van der Waals surface area contributed by atoms with Gasteiger partial charge in [-0.05, 0) is 44.9 Å². The minimum atomic E-state index is -1.13. The summed E-state index contributed by atoms with van der Waals surface area (Å²) in [5, 5.41) is 0. The van der Waals surface area contributed by atoms with Gasteiger partial charge < -0.3 is 9.47 Å². The van der Waals surface area contributed by atoms with Crippen molar-refractivity contribution in [1.29, 1.82) is 0 Å². The molecule has 1 aliphatic rings. The number of carbonyl (C=O) groups excluding carboxylic acids is 3. The zero-order chi connectivity index (χ0) is 19.5. The first-order valence-electron chi connectivity index (χ1n) is 8.23. The van der Waals surface area contributed by atoms with E-state index in [-0.39, 0.29) is 13.0 Å². The van der Waals surface area contributed by atoms with Gasteiger partial charge >= 0.3 is 12.1 Å². The molecule has 1 heterocycles. The molecule has 2 rings (SSSR count). The van der Waals surface area contributed by atoms with Crippen LogP contribution in [0.1, 0.15) is 38.8 Å². The fourth-order valence-corrected chi connectivity index (χ4v) is 2.69. The van der Waals surface area contributed by atoms with Crippen molar-refractivity contribution in [3.8, 4) is 0 Å². The number of imide groups is 1. The topological polar surface area (TPSA) is 72.9 Å². The Labute approximate surface area is 151 Å². The lowest BCUT2D eigenvalue weighted by Crippen LogP contribution is -2.40. The standard InChI is InChI=1S/C19H22FNO5/c1-5-10-25-17(23)14-11-15(12-6-8-13(20)9-7-12)21(16(14)22)18(24)26-19(2,3)4/h5-9,14-15H,1,10-11H2,2-4H3/t14?,15-/m1/s1. The average molecular weight is 363 g/mol. The fourth-order valence-electron chi connectivity index (χ4n) is 2.69. The zero-order valence-electron chi connectivity index (χ0n) is 15.0. The number of halogens is 1. The van der Waals surface area contributed by atoms with E-state index in [1.165, 1.54) is 30.3 Å². The van der Waals surface area contributed by atoms with Crippen molar-refractivity contribution in [2.45, 2.75) is 38.8 Å². The lowest BCUT2D eigenvalue weighted by molar-refractivity contribution is -0.151. The molecule has 26 heavy (non-hydrogen) atoms. The monoisotopic (exact) mass is 363 g/mol. The Morgan fingerprint density at radius 3 is 2.46 bits per heavy atom. The third-order valence-corrected chi connectivity index (χ3v) is 3.78. The lowest BCUT2D eigenvalue weighted by Gasteiger charge is -2.27. The summed E-state index contributed by atoms with van der Waals surface area (Å²) < 4.78 is 23.5. The number of nitrogens with zero attached hydrogens (tertiary/aromatic N) is 1. The van der Waals surface area contributed by atoms with Crippen LogP contribution in [0.25, 0.3) is 0 Å². The van der Waals surface area contributed by atoms with Crippen molar-refractivity contribution in [1.82, 2.24) is 4.90 Å². The summed E-state index contributed by atoms with van der Waals surface area (Å²) >= 11 is 0. The molecule has 0 radical (unpaired) electrons. The van der Waals surface area contributed by atoms with E-state index in [1.54, 1.807) is 20.8 Å². The van der Waals surface area contributed by atoms with E-state index in [1.807, 2.05) is 0 Å². The molecule has 2 atom stereocenters. The molecule has 0 spiro atoms. The molecular formula is C19H22FNO5. The van der Waals surface area contributed by atoms with Gasteiger partial charge in [-0.2, -0.15) is 0 Å². The second kappa shape index (κ2) is 7.68. The summed E-state index contributed by atoms with van der Waals surface area (Å²) in [5.41, 5.74) is -0.281. The summed E-state index contributed by atoms with van der Waals surface area (Å²) in [7, 11) is 0. The molecule has 1 saturated heterocycles. The fraction of sp³-hybridized carbons (Fsp3) is 0.421. The minimum Gasteiger partial charge on any atom is -0.461 e. The van der Waals surface area contributed by atoms with Crippen LogP contribution in [0, 0.1) is 11.7 Å². The molecule has 0 aliphatic carbocycles. The molecule has 140 valence electrons. The van der Waals surface area contributed by atoms with E-state index in [4.69, 9.17) is 9.47 Å².